The molecule has 0 bridgehead atoms. The lowest BCUT2D eigenvalue weighted by Crippen LogP contribution is -2.24. The van der Waals surface area contributed by atoms with Crippen LogP contribution in [0.5, 0.6) is 0 Å². The van der Waals surface area contributed by atoms with Crippen molar-refractivity contribution >= 4 is 9.76 Å². The molecule has 0 fully saturated rings. The Bertz CT molecular complexity index is 108. The lowest BCUT2D eigenvalue weighted by atomic mass is 10.5. The van der Waals surface area contributed by atoms with Crippen LogP contribution in [-0.2, 0) is 13.9 Å². The van der Waals surface area contributed by atoms with E-state index in [4.69, 9.17) is 19.6 Å². The third-order valence-electron chi connectivity index (χ3n) is 1.52. The lowest BCUT2D eigenvalue weighted by Gasteiger charge is -2.18. The molecule has 0 heterocycles. The second-order valence-electron chi connectivity index (χ2n) is 3.04. The van der Waals surface area contributed by atoms with E-state index in [2.05, 4.69) is 13.8 Å². The standard InChI is InChI=1S/C9H23NO3Si/c1-3-6-11-9(12-7-4-2)13-14-8-5-10/h9H,3-8,10,14H2,1-2H3. The first-order valence-electron chi connectivity index (χ1n) is 5.40. The highest BCUT2D eigenvalue weighted by Gasteiger charge is 2.07. The maximum atomic E-state index is 5.50. The Labute approximate surface area is 89.0 Å². The largest absolute Gasteiger partial charge is 0.379 e. The van der Waals surface area contributed by atoms with Gasteiger partial charge in [-0.15, -0.1) is 0 Å². The summed E-state index contributed by atoms with van der Waals surface area (Å²) in [5, 5.41) is 0. The van der Waals surface area contributed by atoms with Gasteiger partial charge in [-0.25, -0.2) is 0 Å². The molecule has 0 amide bonds. The first-order chi connectivity index (χ1) is 6.85. The topological polar surface area (TPSA) is 53.7 Å². The van der Waals surface area contributed by atoms with Gasteiger partial charge in [-0.2, -0.15) is 0 Å². The molecule has 5 heteroatoms. The molecule has 0 unspecified atom stereocenters. The van der Waals surface area contributed by atoms with Crippen LogP contribution < -0.4 is 5.73 Å². The Morgan fingerprint density at radius 3 is 2.14 bits per heavy atom. The Kier molecular flexibility index (Phi) is 11.2. The van der Waals surface area contributed by atoms with Gasteiger partial charge < -0.3 is 19.6 Å². The monoisotopic (exact) mass is 221 g/mol. The molecular weight excluding hydrogens is 198 g/mol. The summed E-state index contributed by atoms with van der Waals surface area (Å²) in [5.74, 6) is 0. The number of nitrogens with two attached hydrogens (primary N) is 1. The molecule has 0 radical (unpaired) electrons. The van der Waals surface area contributed by atoms with Crippen molar-refractivity contribution in [3.05, 3.63) is 0 Å². The maximum Gasteiger partial charge on any atom is 0.261 e. The van der Waals surface area contributed by atoms with Crippen molar-refractivity contribution in [2.75, 3.05) is 19.8 Å². The van der Waals surface area contributed by atoms with Gasteiger partial charge in [0.2, 0.25) is 0 Å². The van der Waals surface area contributed by atoms with Gasteiger partial charge in [0.25, 0.3) is 6.48 Å². The van der Waals surface area contributed by atoms with Gasteiger partial charge in [-0.1, -0.05) is 13.8 Å². The van der Waals surface area contributed by atoms with Gasteiger partial charge in [0.1, 0.15) is 0 Å². The summed E-state index contributed by atoms with van der Waals surface area (Å²) in [5.41, 5.74) is 5.39. The molecule has 86 valence electrons. The van der Waals surface area contributed by atoms with Crippen LogP contribution in [0.1, 0.15) is 26.7 Å². The van der Waals surface area contributed by atoms with E-state index in [0.717, 1.165) is 18.9 Å². The van der Waals surface area contributed by atoms with Crippen LogP contribution in [0.4, 0.5) is 0 Å². The average Bonchev–Trinajstić information content (AvgIpc) is 2.21. The Hall–Kier alpha value is 0.0569. The molecule has 0 aromatic heterocycles. The van der Waals surface area contributed by atoms with Gasteiger partial charge in [0, 0.05) is 0 Å². The molecule has 0 saturated carbocycles. The summed E-state index contributed by atoms with van der Waals surface area (Å²) in [6.07, 6.45) is 1.96. The summed E-state index contributed by atoms with van der Waals surface area (Å²) in [4.78, 5) is 0. The zero-order valence-electron chi connectivity index (χ0n) is 9.33. The Balaban J connectivity index is 3.49. The molecular formula is C9H23NO3Si. The van der Waals surface area contributed by atoms with E-state index in [0.29, 0.717) is 19.8 Å². The zero-order chi connectivity index (χ0) is 10.6. The van der Waals surface area contributed by atoms with Crippen molar-refractivity contribution in [2.45, 2.75) is 39.2 Å². The van der Waals surface area contributed by atoms with Crippen LogP contribution in [0.2, 0.25) is 6.04 Å². The van der Waals surface area contributed by atoms with Crippen molar-refractivity contribution in [1.82, 2.24) is 0 Å². The summed E-state index contributed by atoms with van der Waals surface area (Å²) in [6, 6.07) is 0.974. The van der Waals surface area contributed by atoms with Gasteiger partial charge in [-0.3, -0.25) is 0 Å². The SMILES string of the molecule is CCCOC(OCCC)O[SiH2]CCN. The molecule has 14 heavy (non-hydrogen) atoms. The molecule has 0 aromatic rings. The molecule has 0 atom stereocenters. The molecule has 0 spiro atoms. The minimum Gasteiger partial charge on any atom is -0.379 e. The van der Waals surface area contributed by atoms with E-state index >= 15 is 0 Å². The summed E-state index contributed by atoms with van der Waals surface area (Å²) < 4.78 is 16.3. The predicted molar refractivity (Wildman–Crippen MR) is 59.8 cm³/mol. The van der Waals surface area contributed by atoms with Crippen molar-refractivity contribution in [3.8, 4) is 0 Å². The number of rotatable bonds is 10. The van der Waals surface area contributed by atoms with Crippen molar-refractivity contribution in [2.24, 2.45) is 5.73 Å². The quantitative estimate of drug-likeness (QED) is 0.333. The third kappa shape index (κ3) is 8.65. The van der Waals surface area contributed by atoms with Crippen LogP contribution in [0.25, 0.3) is 0 Å². The summed E-state index contributed by atoms with van der Waals surface area (Å²) in [6.45, 7) is 5.74. The minimum absolute atomic E-state index is 0.451. The normalized spacial score (nSPS) is 12.0. The number of ether oxygens (including phenoxy) is 2. The zero-order valence-corrected chi connectivity index (χ0v) is 10.7. The summed E-state index contributed by atoms with van der Waals surface area (Å²) >= 11 is 0. The molecule has 4 nitrogen and oxygen atoms in total. The second-order valence-corrected chi connectivity index (χ2v) is 4.49. The molecule has 0 aliphatic carbocycles. The Morgan fingerprint density at radius 1 is 1.14 bits per heavy atom. The van der Waals surface area contributed by atoms with E-state index in [1.807, 2.05) is 0 Å². The van der Waals surface area contributed by atoms with E-state index in [1.165, 1.54) is 0 Å². The van der Waals surface area contributed by atoms with Crippen LogP contribution >= 0.6 is 0 Å². The first kappa shape index (κ1) is 14.1. The molecule has 2 N–H and O–H groups in total. The van der Waals surface area contributed by atoms with E-state index in [-0.39, 0.29) is 0 Å². The molecule has 0 aromatic carbocycles. The fraction of sp³-hybridized carbons (Fsp3) is 1.00. The first-order valence-corrected chi connectivity index (χ1v) is 6.97. The summed E-state index contributed by atoms with van der Waals surface area (Å²) in [7, 11) is -0.567. The predicted octanol–water partition coefficient (Wildman–Crippen LogP) is 0.601. The molecule has 0 saturated heterocycles. The smallest absolute Gasteiger partial charge is 0.261 e. The van der Waals surface area contributed by atoms with E-state index in [9.17, 15) is 0 Å². The lowest BCUT2D eigenvalue weighted by molar-refractivity contribution is -0.247. The highest BCUT2D eigenvalue weighted by atomic mass is 28.2. The van der Waals surface area contributed by atoms with Gasteiger partial charge in [0.15, 0.2) is 9.76 Å². The molecule has 0 rings (SSSR count). The number of hydrogen-bond acceptors (Lipinski definition) is 4. The van der Waals surface area contributed by atoms with Crippen LogP contribution in [-0.4, -0.2) is 36.0 Å². The highest BCUT2D eigenvalue weighted by molar-refractivity contribution is 6.27. The van der Waals surface area contributed by atoms with Crippen molar-refractivity contribution in [1.29, 1.82) is 0 Å². The highest BCUT2D eigenvalue weighted by Crippen LogP contribution is 1.99. The average molecular weight is 221 g/mol. The van der Waals surface area contributed by atoms with E-state index in [1.54, 1.807) is 0 Å². The second kappa shape index (κ2) is 11.1. The van der Waals surface area contributed by atoms with Gasteiger partial charge in [0.05, 0.1) is 13.2 Å². The molecule has 0 aliphatic heterocycles. The number of hydrogen-bond donors (Lipinski definition) is 1. The van der Waals surface area contributed by atoms with Gasteiger partial charge in [-0.05, 0) is 25.4 Å². The van der Waals surface area contributed by atoms with Crippen molar-refractivity contribution < 1.29 is 13.9 Å². The van der Waals surface area contributed by atoms with Crippen LogP contribution in [0.15, 0.2) is 0 Å². The fourth-order valence-electron chi connectivity index (χ4n) is 0.835. The van der Waals surface area contributed by atoms with Crippen molar-refractivity contribution in [3.63, 3.8) is 0 Å². The van der Waals surface area contributed by atoms with E-state index < -0.39 is 16.2 Å². The Morgan fingerprint density at radius 2 is 1.71 bits per heavy atom. The fourth-order valence-corrected chi connectivity index (χ4v) is 1.55. The maximum absolute atomic E-state index is 5.50. The van der Waals surface area contributed by atoms with Crippen LogP contribution in [0, 0.1) is 0 Å². The van der Waals surface area contributed by atoms with Gasteiger partial charge >= 0.3 is 0 Å². The molecule has 0 aliphatic rings. The van der Waals surface area contributed by atoms with Crippen LogP contribution in [0.3, 0.4) is 0 Å². The minimum atomic E-state index is -0.567. The third-order valence-corrected chi connectivity index (χ3v) is 2.72.